The molecule has 0 saturated carbocycles. The van der Waals surface area contributed by atoms with E-state index in [9.17, 15) is 18.0 Å². The molecule has 0 saturated heterocycles. The molecule has 102 valence electrons. The smallest absolute Gasteiger partial charge is 0.431 e. The molecule has 0 aliphatic carbocycles. The molecule has 0 unspecified atom stereocenters. The maximum atomic E-state index is 12.9. The van der Waals surface area contributed by atoms with Crippen molar-refractivity contribution in [3.05, 3.63) is 29.2 Å². The predicted octanol–water partition coefficient (Wildman–Crippen LogP) is 2.31. The van der Waals surface area contributed by atoms with Crippen molar-refractivity contribution in [3.63, 3.8) is 0 Å². The molecule has 0 atom stereocenters. The summed E-state index contributed by atoms with van der Waals surface area (Å²) < 4.78 is 39.5. The van der Waals surface area contributed by atoms with E-state index in [4.69, 9.17) is 5.11 Å². The van der Waals surface area contributed by atoms with Crippen LogP contribution in [-0.4, -0.2) is 31.9 Å². The summed E-state index contributed by atoms with van der Waals surface area (Å²) in [4.78, 5) is 11.0. The van der Waals surface area contributed by atoms with Gasteiger partial charge in [0.25, 0.3) is 0 Å². The number of carboxylic acids is 1. The normalized spacial score (nSPS) is 12.0. The van der Waals surface area contributed by atoms with Gasteiger partial charge in [-0.25, -0.2) is 4.79 Å². The molecule has 2 rings (SSSR count). The van der Waals surface area contributed by atoms with E-state index in [1.165, 1.54) is 11.8 Å². The minimum Gasteiger partial charge on any atom is -0.478 e. The van der Waals surface area contributed by atoms with E-state index < -0.39 is 17.8 Å². The van der Waals surface area contributed by atoms with Gasteiger partial charge in [0.15, 0.2) is 5.65 Å². The molecule has 0 amide bonds. The van der Waals surface area contributed by atoms with Crippen molar-refractivity contribution in [2.24, 2.45) is 0 Å². The Balaban J connectivity index is 2.81. The standard InChI is InChI=1S/C10H8F3N3O2S/c1-19-4-7-14-15-8-5(9(17)18)2-3-6(16(7)8)10(11,12)13/h2-3H,4H2,1H3,(H,17,18). The SMILES string of the molecule is CSCc1nnc2c(C(=O)O)ccc(C(F)(F)F)n12. The van der Waals surface area contributed by atoms with E-state index >= 15 is 0 Å². The van der Waals surface area contributed by atoms with Gasteiger partial charge < -0.3 is 5.11 Å². The Hall–Kier alpha value is -1.77. The fraction of sp³-hybridized carbons (Fsp3) is 0.300. The Morgan fingerprint density at radius 3 is 2.63 bits per heavy atom. The van der Waals surface area contributed by atoms with Gasteiger partial charge in [-0.15, -0.1) is 10.2 Å². The summed E-state index contributed by atoms with van der Waals surface area (Å²) in [7, 11) is 0. The maximum Gasteiger partial charge on any atom is 0.431 e. The van der Waals surface area contributed by atoms with Crippen LogP contribution in [0.4, 0.5) is 13.2 Å². The molecule has 0 aliphatic rings. The topological polar surface area (TPSA) is 67.5 Å². The van der Waals surface area contributed by atoms with Crippen LogP contribution in [0.5, 0.6) is 0 Å². The Bertz CT molecular complexity index is 639. The summed E-state index contributed by atoms with van der Waals surface area (Å²) in [5.74, 6) is -1.08. The number of thioether (sulfide) groups is 1. The third kappa shape index (κ3) is 2.37. The number of halogens is 3. The third-order valence-corrected chi connectivity index (χ3v) is 2.96. The Labute approximate surface area is 109 Å². The van der Waals surface area contributed by atoms with Crippen LogP contribution in [-0.2, 0) is 11.9 Å². The highest BCUT2D eigenvalue weighted by molar-refractivity contribution is 7.97. The van der Waals surface area contributed by atoms with Crippen LogP contribution in [0.15, 0.2) is 12.1 Å². The van der Waals surface area contributed by atoms with Gasteiger partial charge in [0.05, 0.1) is 5.75 Å². The lowest BCUT2D eigenvalue weighted by atomic mass is 10.2. The summed E-state index contributed by atoms with van der Waals surface area (Å²) >= 11 is 1.27. The van der Waals surface area contributed by atoms with Gasteiger partial charge in [0.1, 0.15) is 17.1 Å². The third-order valence-electron chi connectivity index (χ3n) is 2.41. The number of hydrogen-bond donors (Lipinski definition) is 1. The van der Waals surface area contributed by atoms with Crippen molar-refractivity contribution in [1.82, 2.24) is 14.6 Å². The fourth-order valence-electron chi connectivity index (χ4n) is 1.67. The van der Waals surface area contributed by atoms with Crippen molar-refractivity contribution in [2.75, 3.05) is 6.26 Å². The van der Waals surface area contributed by atoms with Gasteiger partial charge in [0, 0.05) is 0 Å². The summed E-state index contributed by atoms with van der Waals surface area (Å²) in [6.45, 7) is 0. The summed E-state index contributed by atoms with van der Waals surface area (Å²) in [6, 6.07) is 1.61. The fourth-order valence-corrected chi connectivity index (χ4v) is 2.11. The first kappa shape index (κ1) is 13.7. The molecule has 2 heterocycles. The second-order valence-corrected chi connectivity index (χ2v) is 4.51. The zero-order valence-corrected chi connectivity index (χ0v) is 10.4. The molecule has 2 aromatic heterocycles. The maximum absolute atomic E-state index is 12.9. The Morgan fingerprint density at radius 2 is 2.11 bits per heavy atom. The highest BCUT2D eigenvalue weighted by atomic mass is 32.2. The van der Waals surface area contributed by atoms with E-state index in [2.05, 4.69) is 10.2 Å². The number of aromatic nitrogens is 3. The van der Waals surface area contributed by atoms with Crippen LogP contribution in [0.25, 0.3) is 5.65 Å². The molecule has 0 radical (unpaired) electrons. The molecule has 0 aromatic carbocycles. The van der Waals surface area contributed by atoms with Gasteiger partial charge >= 0.3 is 12.1 Å². The predicted molar refractivity (Wildman–Crippen MR) is 62.2 cm³/mol. The Kier molecular flexibility index (Phi) is 3.40. The molecular weight excluding hydrogens is 283 g/mol. The van der Waals surface area contributed by atoms with E-state index in [0.717, 1.165) is 16.5 Å². The first-order chi connectivity index (χ1) is 8.86. The number of fused-ring (bicyclic) bond motifs is 1. The van der Waals surface area contributed by atoms with Crippen molar-refractivity contribution >= 4 is 23.4 Å². The van der Waals surface area contributed by atoms with Crippen molar-refractivity contribution in [3.8, 4) is 0 Å². The zero-order valence-electron chi connectivity index (χ0n) is 9.60. The Morgan fingerprint density at radius 1 is 1.42 bits per heavy atom. The minimum atomic E-state index is -4.61. The van der Waals surface area contributed by atoms with Crippen LogP contribution in [0, 0.1) is 0 Å². The number of carbonyl (C=O) groups is 1. The number of nitrogens with zero attached hydrogens (tertiary/aromatic N) is 3. The number of rotatable bonds is 3. The van der Waals surface area contributed by atoms with E-state index in [-0.39, 0.29) is 22.8 Å². The number of hydrogen-bond acceptors (Lipinski definition) is 4. The minimum absolute atomic E-state index is 0.0675. The van der Waals surface area contributed by atoms with E-state index in [1.54, 1.807) is 6.26 Å². The van der Waals surface area contributed by atoms with Gasteiger partial charge in [-0.1, -0.05) is 0 Å². The molecule has 2 aromatic rings. The molecule has 0 aliphatic heterocycles. The number of alkyl halides is 3. The van der Waals surface area contributed by atoms with E-state index in [1.807, 2.05) is 0 Å². The van der Waals surface area contributed by atoms with Gasteiger partial charge in [0.2, 0.25) is 0 Å². The van der Waals surface area contributed by atoms with Gasteiger partial charge in [-0.2, -0.15) is 24.9 Å². The second kappa shape index (κ2) is 4.72. The average Bonchev–Trinajstić information content (AvgIpc) is 2.71. The van der Waals surface area contributed by atoms with Crippen LogP contribution in [0.1, 0.15) is 21.9 Å². The summed E-state index contributed by atoms with van der Waals surface area (Å²) in [6.07, 6.45) is -2.90. The van der Waals surface area contributed by atoms with Crippen LogP contribution < -0.4 is 0 Å². The van der Waals surface area contributed by atoms with Crippen molar-refractivity contribution in [2.45, 2.75) is 11.9 Å². The second-order valence-electron chi connectivity index (χ2n) is 3.64. The molecule has 19 heavy (non-hydrogen) atoms. The van der Waals surface area contributed by atoms with Gasteiger partial charge in [-0.05, 0) is 18.4 Å². The first-order valence-corrected chi connectivity index (χ1v) is 6.42. The lowest BCUT2D eigenvalue weighted by molar-refractivity contribution is -0.142. The zero-order chi connectivity index (χ0) is 14.2. The lowest BCUT2D eigenvalue weighted by Crippen LogP contribution is -2.15. The largest absolute Gasteiger partial charge is 0.478 e. The van der Waals surface area contributed by atoms with Crippen molar-refractivity contribution in [1.29, 1.82) is 0 Å². The van der Waals surface area contributed by atoms with Crippen LogP contribution in [0.2, 0.25) is 0 Å². The number of carboxylic acid groups (broad SMARTS) is 1. The molecule has 9 heteroatoms. The highest BCUT2D eigenvalue weighted by Crippen LogP contribution is 2.31. The lowest BCUT2D eigenvalue weighted by Gasteiger charge is -2.11. The molecular formula is C10H8F3N3O2S. The first-order valence-electron chi connectivity index (χ1n) is 5.02. The summed E-state index contributed by atoms with van der Waals surface area (Å²) in [5.41, 5.74) is -1.60. The number of aromatic carboxylic acids is 1. The average molecular weight is 291 g/mol. The van der Waals surface area contributed by atoms with Gasteiger partial charge in [-0.3, -0.25) is 4.40 Å². The highest BCUT2D eigenvalue weighted by Gasteiger charge is 2.35. The van der Waals surface area contributed by atoms with Crippen LogP contribution >= 0.6 is 11.8 Å². The molecule has 0 fully saturated rings. The molecule has 1 N–H and O–H groups in total. The van der Waals surface area contributed by atoms with E-state index in [0.29, 0.717) is 0 Å². The van der Waals surface area contributed by atoms with Crippen molar-refractivity contribution < 1.29 is 23.1 Å². The molecule has 5 nitrogen and oxygen atoms in total. The monoisotopic (exact) mass is 291 g/mol. The molecule has 0 bridgehead atoms. The summed E-state index contributed by atoms with van der Waals surface area (Å²) in [5, 5.41) is 16.1. The van der Waals surface area contributed by atoms with Crippen LogP contribution in [0.3, 0.4) is 0 Å². The molecule has 0 spiro atoms. The number of pyridine rings is 1. The quantitative estimate of drug-likeness (QED) is 0.940.